The Balaban J connectivity index is 1.33. The molecule has 1 saturated heterocycles. The smallest absolute Gasteiger partial charge is 0.244 e. The molecule has 2 aliphatic rings. The third kappa shape index (κ3) is 4.73. The fourth-order valence-electron chi connectivity index (χ4n) is 3.93. The van der Waals surface area contributed by atoms with Crippen LogP contribution in [0, 0.1) is 5.92 Å². The maximum Gasteiger partial charge on any atom is 0.244 e. The molecule has 2 atom stereocenters. The Morgan fingerprint density at radius 2 is 1.97 bits per heavy atom. The fraction of sp³-hybridized carbons (Fsp3) is 0.375. The van der Waals surface area contributed by atoms with Crippen LogP contribution in [0.3, 0.4) is 0 Å². The van der Waals surface area contributed by atoms with Crippen molar-refractivity contribution >= 4 is 17.7 Å². The number of ether oxygens (including phenoxy) is 2. The lowest BCUT2D eigenvalue weighted by Crippen LogP contribution is -2.34. The van der Waals surface area contributed by atoms with Crippen molar-refractivity contribution in [3.63, 3.8) is 0 Å². The van der Waals surface area contributed by atoms with Gasteiger partial charge >= 0.3 is 0 Å². The first-order valence-electron chi connectivity index (χ1n) is 10.3. The highest BCUT2D eigenvalue weighted by Crippen LogP contribution is 2.32. The Morgan fingerprint density at radius 1 is 1.17 bits per heavy atom. The van der Waals surface area contributed by atoms with E-state index in [4.69, 9.17) is 9.47 Å². The minimum absolute atomic E-state index is 0.0572. The van der Waals surface area contributed by atoms with Crippen LogP contribution in [0.25, 0.3) is 6.08 Å². The second kappa shape index (κ2) is 8.60. The maximum absolute atomic E-state index is 12.3. The van der Waals surface area contributed by atoms with E-state index in [0.717, 1.165) is 35.9 Å². The second-order valence-electron chi connectivity index (χ2n) is 7.96. The van der Waals surface area contributed by atoms with Gasteiger partial charge in [0.15, 0.2) is 11.5 Å². The molecular formula is C24H28N2O3. The summed E-state index contributed by atoms with van der Waals surface area (Å²) >= 11 is 0. The first-order chi connectivity index (χ1) is 14.1. The molecule has 5 heteroatoms. The molecule has 1 N–H and O–H groups in total. The van der Waals surface area contributed by atoms with E-state index in [0.29, 0.717) is 5.75 Å². The second-order valence-corrected chi connectivity index (χ2v) is 7.96. The molecule has 2 aromatic carbocycles. The molecule has 0 bridgehead atoms. The van der Waals surface area contributed by atoms with Crippen molar-refractivity contribution in [2.24, 2.45) is 5.92 Å². The zero-order chi connectivity index (χ0) is 20.2. The molecule has 0 aliphatic carbocycles. The molecule has 1 fully saturated rings. The molecule has 0 spiro atoms. The summed E-state index contributed by atoms with van der Waals surface area (Å²) in [5, 5.41) is 3.03. The van der Waals surface area contributed by atoms with E-state index in [-0.39, 0.29) is 18.7 Å². The van der Waals surface area contributed by atoms with Crippen molar-refractivity contribution in [1.82, 2.24) is 5.32 Å². The number of piperidine rings is 1. The number of carbonyl (C=O) groups is 1. The average Bonchev–Trinajstić information content (AvgIpc) is 3.20. The number of hydrogen-bond acceptors (Lipinski definition) is 4. The van der Waals surface area contributed by atoms with Gasteiger partial charge in [0.2, 0.25) is 12.7 Å². The van der Waals surface area contributed by atoms with Crippen molar-refractivity contribution in [1.29, 1.82) is 0 Å². The molecule has 2 heterocycles. The Labute approximate surface area is 172 Å². The monoisotopic (exact) mass is 392 g/mol. The Morgan fingerprint density at radius 3 is 2.76 bits per heavy atom. The van der Waals surface area contributed by atoms with E-state index in [1.807, 2.05) is 25.1 Å². The molecule has 0 radical (unpaired) electrons. The summed E-state index contributed by atoms with van der Waals surface area (Å²) in [5.74, 6) is 2.08. The van der Waals surface area contributed by atoms with Crippen LogP contribution in [0.4, 0.5) is 5.69 Å². The van der Waals surface area contributed by atoms with Gasteiger partial charge < -0.3 is 19.7 Å². The highest BCUT2D eigenvalue weighted by Gasteiger charge is 2.17. The van der Waals surface area contributed by atoms with E-state index >= 15 is 0 Å². The van der Waals surface area contributed by atoms with Crippen molar-refractivity contribution in [2.75, 3.05) is 24.8 Å². The fourth-order valence-corrected chi connectivity index (χ4v) is 3.93. The van der Waals surface area contributed by atoms with Crippen LogP contribution in [-0.4, -0.2) is 25.8 Å². The van der Waals surface area contributed by atoms with Gasteiger partial charge in [-0.3, -0.25) is 4.79 Å². The summed E-state index contributed by atoms with van der Waals surface area (Å²) in [6.45, 7) is 6.81. The van der Waals surface area contributed by atoms with Gasteiger partial charge in [0.1, 0.15) is 0 Å². The first kappa shape index (κ1) is 19.4. The van der Waals surface area contributed by atoms with Gasteiger partial charge in [-0.1, -0.05) is 25.1 Å². The van der Waals surface area contributed by atoms with E-state index in [2.05, 4.69) is 41.4 Å². The highest BCUT2D eigenvalue weighted by atomic mass is 16.7. The van der Waals surface area contributed by atoms with Gasteiger partial charge in [0.25, 0.3) is 0 Å². The number of nitrogens with one attached hydrogen (secondary N) is 1. The zero-order valence-corrected chi connectivity index (χ0v) is 17.1. The topological polar surface area (TPSA) is 50.8 Å². The quantitative estimate of drug-likeness (QED) is 0.759. The molecule has 0 aromatic heterocycles. The number of rotatable bonds is 5. The predicted molar refractivity (Wildman–Crippen MR) is 115 cm³/mol. The van der Waals surface area contributed by atoms with Crippen molar-refractivity contribution < 1.29 is 14.3 Å². The summed E-state index contributed by atoms with van der Waals surface area (Å²) < 4.78 is 10.7. The molecule has 1 amide bonds. The third-order valence-electron chi connectivity index (χ3n) is 5.60. The predicted octanol–water partition coefficient (Wildman–Crippen LogP) is 4.54. The van der Waals surface area contributed by atoms with Crippen molar-refractivity contribution in [3.05, 3.63) is 59.7 Å². The average molecular weight is 392 g/mol. The number of benzene rings is 2. The minimum atomic E-state index is -0.121. The van der Waals surface area contributed by atoms with Gasteiger partial charge in [-0.2, -0.15) is 0 Å². The van der Waals surface area contributed by atoms with Gasteiger partial charge in [-0.25, -0.2) is 0 Å². The van der Waals surface area contributed by atoms with Gasteiger partial charge in [0, 0.05) is 24.9 Å². The summed E-state index contributed by atoms with van der Waals surface area (Å²) in [6, 6.07) is 14.1. The van der Waals surface area contributed by atoms with Gasteiger partial charge in [0.05, 0.1) is 6.04 Å². The first-order valence-corrected chi connectivity index (χ1v) is 10.3. The molecule has 152 valence electrons. The van der Waals surface area contributed by atoms with Crippen LogP contribution in [0.15, 0.2) is 48.5 Å². The maximum atomic E-state index is 12.3. The lowest BCUT2D eigenvalue weighted by molar-refractivity contribution is -0.117. The standard InChI is InChI=1S/C24H28N2O3/c1-17-4-3-13-26(15-17)21-9-7-20(8-10-21)18(2)25-24(27)12-6-19-5-11-22-23(14-19)29-16-28-22/h5-12,14,17-18H,3-4,13,15-16H2,1-2H3,(H,25,27)/b12-6+/t17-,18+/m1/s1. The van der Waals surface area contributed by atoms with Crippen LogP contribution in [0.1, 0.15) is 43.9 Å². The number of anilines is 1. The van der Waals surface area contributed by atoms with Gasteiger partial charge in [-0.05, 0) is 67.2 Å². The summed E-state index contributed by atoms with van der Waals surface area (Å²) in [7, 11) is 0. The van der Waals surface area contributed by atoms with Crippen molar-refractivity contribution in [3.8, 4) is 11.5 Å². The largest absolute Gasteiger partial charge is 0.454 e. The molecule has 5 nitrogen and oxygen atoms in total. The molecule has 29 heavy (non-hydrogen) atoms. The van der Waals surface area contributed by atoms with Crippen LogP contribution in [-0.2, 0) is 4.79 Å². The van der Waals surface area contributed by atoms with Crippen LogP contribution < -0.4 is 19.7 Å². The molecular weight excluding hydrogens is 364 g/mol. The zero-order valence-electron chi connectivity index (χ0n) is 17.1. The van der Waals surface area contributed by atoms with E-state index in [9.17, 15) is 4.79 Å². The van der Waals surface area contributed by atoms with E-state index in [1.54, 1.807) is 12.2 Å². The van der Waals surface area contributed by atoms with E-state index in [1.165, 1.54) is 18.5 Å². The number of nitrogens with zero attached hydrogens (tertiary/aromatic N) is 1. The number of carbonyl (C=O) groups excluding carboxylic acids is 1. The number of hydrogen-bond donors (Lipinski definition) is 1. The number of amides is 1. The van der Waals surface area contributed by atoms with Crippen LogP contribution >= 0.6 is 0 Å². The Hall–Kier alpha value is -2.95. The summed E-state index contributed by atoms with van der Waals surface area (Å²) in [4.78, 5) is 14.8. The summed E-state index contributed by atoms with van der Waals surface area (Å²) in [5.41, 5.74) is 3.27. The number of fused-ring (bicyclic) bond motifs is 1. The third-order valence-corrected chi connectivity index (χ3v) is 5.60. The molecule has 2 aliphatic heterocycles. The molecule has 2 aromatic rings. The van der Waals surface area contributed by atoms with Crippen LogP contribution in [0.2, 0.25) is 0 Å². The molecule has 0 saturated carbocycles. The lowest BCUT2D eigenvalue weighted by Gasteiger charge is -2.33. The molecule has 0 unspecified atom stereocenters. The van der Waals surface area contributed by atoms with Gasteiger partial charge in [-0.15, -0.1) is 0 Å². The summed E-state index contributed by atoms with van der Waals surface area (Å²) in [6.07, 6.45) is 5.91. The normalized spacial score (nSPS) is 19.4. The highest BCUT2D eigenvalue weighted by molar-refractivity contribution is 5.92. The Kier molecular flexibility index (Phi) is 5.74. The molecule has 4 rings (SSSR count). The Bertz CT molecular complexity index is 891. The van der Waals surface area contributed by atoms with Crippen LogP contribution in [0.5, 0.6) is 11.5 Å². The van der Waals surface area contributed by atoms with Crippen molar-refractivity contribution in [2.45, 2.75) is 32.7 Å². The minimum Gasteiger partial charge on any atom is -0.454 e. The van der Waals surface area contributed by atoms with E-state index < -0.39 is 0 Å². The lowest BCUT2D eigenvalue weighted by atomic mass is 9.99. The SMILES string of the molecule is C[C@@H]1CCCN(c2ccc([C@H](C)NC(=O)/C=C/c3ccc4c(c3)OCO4)cc2)C1.